The van der Waals surface area contributed by atoms with E-state index in [0.29, 0.717) is 11.1 Å². The second-order valence-corrected chi connectivity index (χ2v) is 6.85. The number of aryl methyl sites for hydroxylation is 1. The highest BCUT2D eigenvalue weighted by atomic mass is 79.9. The summed E-state index contributed by atoms with van der Waals surface area (Å²) in [4.78, 5) is 0. The number of hydrogen-bond donors (Lipinski definition) is 0. The van der Waals surface area contributed by atoms with Crippen molar-refractivity contribution in [1.29, 1.82) is 0 Å². The van der Waals surface area contributed by atoms with Gasteiger partial charge in [-0.3, -0.25) is 4.68 Å². The summed E-state index contributed by atoms with van der Waals surface area (Å²) in [5, 5.41) is 4.07. The summed E-state index contributed by atoms with van der Waals surface area (Å²) >= 11 is 6.49. The molecule has 0 bridgehead atoms. The Morgan fingerprint density at radius 2 is 2.14 bits per heavy atom. The van der Waals surface area contributed by atoms with Gasteiger partial charge in [0.1, 0.15) is 9.21 Å². The highest BCUT2D eigenvalue weighted by Crippen LogP contribution is 2.16. The Kier molecular flexibility index (Phi) is 4.15. The molecule has 0 N–H and O–H groups in total. The van der Waals surface area contributed by atoms with E-state index in [1.54, 1.807) is 17.7 Å². The zero-order chi connectivity index (χ0) is 10.8. The fourth-order valence-electron chi connectivity index (χ4n) is 0.891. The van der Waals surface area contributed by atoms with E-state index in [4.69, 9.17) is 0 Å². The molecule has 4 nitrogen and oxygen atoms in total. The van der Waals surface area contributed by atoms with Crippen molar-refractivity contribution in [1.82, 2.24) is 9.78 Å². The Balaban J connectivity index is 2.67. The summed E-state index contributed by atoms with van der Waals surface area (Å²) in [6, 6.07) is 1.78. The third-order valence-electron chi connectivity index (χ3n) is 1.75. The molecular formula is C7H10Br2N2O2S. The first-order valence-electron chi connectivity index (χ1n) is 4.04. The molecule has 0 unspecified atom stereocenters. The Hall–Kier alpha value is 0.120. The number of hydrogen-bond acceptors (Lipinski definition) is 3. The van der Waals surface area contributed by atoms with Crippen molar-refractivity contribution in [3.05, 3.63) is 15.3 Å². The molecule has 0 aliphatic heterocycles. The van der Waals surface area contributed by atoms with E-state index in [9.17, 15) is 8.42 Å². The standard InChI is InChI=1S/C7H10Br2N2O2S/c1-2-14(12,13)4-3-11-7(9)5-6(8)10-11/h5H,2-4H2,1H3. The van der Waals surface area contributed by atoms with Crippen molar-refractivity contribution in [3.8, 4) is 0 Å². The fourth-order valence-corrected chi connectivity index (χ4v) is 2.82. The van der Waals surface area contributed by atoms with Crippen molar-refractivity contribution < 1.29 is 8.42 Å². The van der Waals surface area contributed by atoms with Gasteiger partial charge in [-0.1, -0.05) is 6.92 Å². The predicted octanol–water partition coefficient (Wildman–Crippen LogP) is 1.84. The van der Waals surface area contributed by atoms with Crippen LogP contribution in [0.15, 0.2) is 15.3 Å². The zero-order valence-corrected chi connectivity index (χ0v) is 11.6. The molecule has 80 valence electrons. The molecule has 0 aliphatic carbocycles. The maximum Gasteiger partial charge on any atom is 0.151 e. The first-order valence-corrected chi connectivity index (χ1v) is 7.44. The van der Waals surface area contributed by atoms with E-state index in [0.717, 1.165) is 4.60 Å². The van der Waals surface area contributed by atoms with Crippen molar-refractivity contribution in [2.24, 2.45) is 0 Å². The molecule has 14 heavy (non-hydrogen) atoms. The molecule has 0 spiro atoms. The van der Waals surface area contributed by atoms with E-state index in [-0.39, 0.29) is 11.5 Å². The van der Waals surface area contributed by atoms with Crippen LogP contribution in [0.5, 0.6) is 0 Å². The Labute approximate surface area is 99.9 Å². The van der Waals surface area contributed by atoms with Gasteiger partial charge >= 0.3 is 0 Å². The summed E-state index contributed by atoms with van der Waals surface area (Å²) in [7, 11) is -2.92. The summed E-state index contributed by atoms with van der Waals surface area (Å²) in [5.41, 5.74) is 0. The van der Waals surface area contributed by atoms with Gasteiger partial charge in [0.05, 0.1) is 12.3 Å². The SMILES string of the molecule is CCS(=O)(=O)CCn1nc(Br)cc1Br. The summed E-state index contributed by atoms with van der Waals surface area (Å²) < 4.78 is 25.5. The van der Waals surface area contributed by atoms with Gasteiger partial charge in [-0.15, -0.1) is 0 Å². The minimum atomic E-state index is -2.92. The van der Waals surface area contributed by atoms with E-state index < -0.39 is 9.84 Å². The Morgan fingerprint density at radius 1 is 1.50 bits per heavy atom. The topological polar surface area (TPSA) is 52.0 Å². The fraction of sp³-hybridized carbons (Fsp3) is 0.571. The van der Waals surface area contributed by atoms with Crippen molar-refractivity contribution in [2.75, 3.05) is 11.5 Å². The van der Waals surface area contributed by atoms with Gasteiger partial charge in [0, 0.05) is 11.8 Å². The number of rotatable bonds is 4. The van der Waals surface area contributed by atoms with Crippen LogP contribution in [-0.4, -0.2) is 29.7 Å². The third kappa shape index (κ3) is 3.36. The zero-order valence-electron chi connectivity index (χ0n) is 7.57. The normalized spacial score (nSPS) is 11.9. The Morgan fingerprint density at radius 3 is 2.57 bits per heavy atom. The predicted molar refractivity (Wildman–Crippen MR) is 62.0 cm³/mol. The van der Waals surface area contributed by atoms with E-state index in [2.05, 4.69) is 37.0 Å². The van der Waals surface area contributed by atoms with Crippen LogP contribution < -0.4 is 0 Å². The minimum absolute atomic E-state index is 0.121. The maximum atomic E-state index is 11.2. The average Bonchev–Trinajstić information content (AvgIpc) is 2.42. The monoisotopic (exact) mass is 344 g/mol. The first kappa shape index (κ1) is 12.2. The number of aromatic nitrogens is 2. The molecule has 7 heteroatoms. The molecule has 0 radical (unpaired) electrons. The van der Waals surface area contributed by atoms with Crippen molar-refractivity contribution in [3.63, 3.8) is 0 Å². The highest BCUT2D eigenvalue weighted by Gasteiger charge is 2.10. The van der Waals surface area contributed by atoms with Crippen LogP contribution >= 0.6 is 31.9 Å². The highest BCUT2D eigenvalue weighted by molar-refractivity contribution is 9.11. The second kappa shape index (κ2) is 4.76. The second-order valence-electron chi connectivity index (χ2n) is 2.75. The van der Waals surface area contributed by atoms with Gasteiger partial charge in [-0.2, -0.15) is 5.10 Å². The number of nitrogens with zero attached hydrogens (tertiary/aromatic N) is 2. The number of halogens is 2. The van der Waals surface area contributed by atoms with Gasteiger partial charge < -0.3 is 0 Å². The van der Waals surface area contributed by atoms with E-state index >= 15 is 0 Å². The van der Waals surface area contributed by atoms with Crippen LogP contribution in [0, 0.1) is 0 Å². The van der Waals surface area contributed by atoms with Crippen LogP contribution in [0.4, 0.5) is 0 Å². The molecule has 0 amide bonds. The molecule has 0 saturated carbocycles. The van der Waals surface area contributed by atoms with Gasteiger partial charge in [0.2, 0.25) is 0 Å². The van der Waals surface area contributed by atoms with Crippen molar-refractivity contribution in [2.45, 2.75) is 13.5 Å². The van der Waals surface area contributed by atoms with Crippen molar-refractivity contribution >= 4 is 41.7 Å². The van der Waals surface area contributed by atoms with Crippen LogP contribution in [0.3, 0.4) is 0 Å². The van der Waals surface area contributed by atoms with Gasteiger partial charge in [0.25, 0.3) is 0 Å². The van der Waals surface area contributed by atoms with Gasteiger partial charge in [-0.25, -0.2) is 8.42 Å². The minimum Gasteiger partial charge on any atom is -0.256 e. The first-order chi connectivity index (χ1) is 6.44. The molecule has 0 aromatic carbocycles. The van der Waals surface area contributed by atoms with Gasteiger partial charge in [0.15, 0.2) is 9.84 Å². The molecule has 0 atom stereocenters. The lowest BCUT2D eigenvalue weighted by Crippen LogP contribution is -2.15. The van der Waals surface area contributed by atoms with Crippen LogP contribution in [0.1, 0.15) is 6.92 Å². The third-order valence-corrected chi connectivity index (χ3v) is 4.46. The van der Waals surface area contributed by atoms with Gasteiger partial charge in [-0.05, 0) is 31.9 Å². The number of sulfone groups is 1. The average molecular weight is 346 g/mol. The molecular weight excluding hydrogens is 336 g/mol. The quantitative estimate of drug-likeness (QED) is 0.836. The van der Waals surface area contributed by atoms with E-state index in [1.165, 1.54) is 0 Å². The lowest BCUT2D eigenvalue weighted by molar-refractivity contribution is 0.578. The largest absolute Gasteiger partial charge is 0.256 e. The molecule has 1 aromatic rings. The molecule has 1 heterocycles. The summed E-state index contributed by atoms with van der Waals surface area (Å²) in [5.74, 6) is 0.295. The lowest BCUT2D eigenvalue weighted by Gasteiger charge is -2.02. The summed E-state index contributed by atoms with van der Waals surface area (Å²) in [6.07, 6.45) is 0. The molecule has 0 aliphatic rings. The molecule has 0 fully saturated rings. The van der Waals surface area contributed by atoms with E-state index in [1.807, 2.05) is 0 Å². The smallest absolute Gasteiger partial charge is 0.151 e. The maximum absolute atomic E-state index is 11.2. The molecule has 1 rings (SSSR count). The summed E-state index contributed by atoms with van der Waals surface area (Å²) in [6.45, 7) is 2.02. The Bertz CT molecular complexity index is 413. The molecule has 0 saturated heterocycles. The van der Waals surface area contributed by atoms with Crippen LogP contribution in [-0.2, 0) is 16.4 Å². The molecule has 1 aromatic heterocycles. The van der Waals surface area contributed by atoms with Crippen LogP contribution in [0.25, 0.3) is 0 Å². The van der Waals surface area contributed by atoms with Crippen LogP contribution in [0.2, 0.25) is 0 Å². The lowest BCUT2D eigenvalue weighted by atomic mass is 10.7.